The lowest BCUT2D eigenvalue weighted by Crippen LogP contribution is -2.17. The Bertz CT molecular complexity index is 469. The number of rotatable bonds is 5. The summed E-state index contributed by atoms with van der Waals surface area (Å²) in [6.45, 7) is 2.35. The molecular formula is C12H14FNOS. The zero-order valence-corrected chi connectivity index (χ0v) is 9.94. The SMILES string of the molecule is COCCNCc1cc2ccc(F)cc2s1. The maximum Gasteiger partial charge on any atom is 0.124 e. The molecule has 1 N–H and O–H groups in total. The van der Waals surface area contributed by atoms with Gasteiger partial charge in [0.05, 0.1) is 6.61 Å². The maximum absolute atomic E-state index is 13.0. The molecule has 0 unspecified atom stereocenters. The molecule has 0 bridgehead atoms. The van der Waals surface area contributed by atoms with Crippen molar-refractivity contribution in [3.05, 3.63) is 35.0 Å². The Balaban J connectivity index is 2.02. The first-order valence-electron chi connectivity index (χ1n) is 5.17. The van der Waals surface area contributed by atoms with E-state index >= 15 is 0 Å². The van der Waals surface area contributed by atoms with Crippen molar-refractivity contribution in [2.24, 2.45) is 0 Å². The topological polar surface area (TPSA) is 21.3 Å². The lowest BCUT2D eigenvalue weighted by atomic mass is 10.2. The van der Waals surface area contributed by atoms with Crippen LogP contribution in [0.1, 0.15) is 4.88 Å². The molecule has 16 heavy (non-hydrogen) atoms. The van der Waals surface area contributed by atoms with E-state index in [0.717, 1.165) is 23.2 Å². The van der Waals surface area contributed by atoms with Crippen LogP contribution in [0.2, 0.25) is 0 Å². The van der Waals surface area contributed by atoms with E-state index in [9.17, 15) is 4.39 Å². The zero-order chi connectivity index (χ0) is 11.4. The first-order valence-corrected chi connectivity index (χ1v) is 5.99. The van der Waals surface area contributed by atoms with Crippen LogP contribution in [0.4, 0.5) is 4.39 Å². The Hall–Kier alpha value is -0.970. The number of thiophene rings is 1. The average molecular weight is 239 g/mol. The van der Waals surface area contributed by atoms with Gasteiger partial charge < -0.3 is 10.1 Å². The van der Waals surface area contributed by atoms with E-state index in [2.05, 4.69) is 11.4 Å². The van der Waals surface area contributed by atoms with Crippen LogP contribution in [0, 0.1) is 5.82 Å². The predicted molar refractivity (Wildman–Crippen MR) is 65.4 cm³/mol. The van der Waals surface area contributed by atoms with Crippen LogP contribution < -0.4 is 5.32 Å². The molecular weight excluding hydrogens is 225 g/mol. The van der Waals surface area contributed by atoms with E-state index in [1.807, 2.05) is 6.07 Å². The lowest BCUT2D eigenvalue weighted by Gasteiger charge is -2.00. The fraction of sp³-hybridized carbons (Fsp3) is 0.333. The molecule has 0 radical (unpaired) electrons. The fourth-order valence-corrected chi connectivity index (χ4v) is 2.59. The van der Waals surface area contributed by atoms with Crippen molar-refractivity contribution in [1.82, 2.24) is 5.32 Å². The van der Waals surface area contributed by atoms with Gasteiger partial charge in [0, 0.05) is 29.8 Å². The van der Waals surface area contributed by atoms with Gasteiger partial charge in [-0.05, 0) is 23.6 Å². The summed E-state index contributed by atoms with van der Waals surface area (Å²) in [4.78, 5) is 1.22. The summed E-state index contributed by atoms with van der Waals surface area (Å²) in [7, 11) is 1.68. The molecule has 0 saturated heterocycles. The van der Waals surface area contributed by atoms with E-state index in [1.54, 1.807) is 24.5 Å². The number of ether oxygens (including phenoxy) is 1. The summed E-state index contributed by atoms with van der Waals surface area (Å²) in [5, 5.41) is 4.38. The molecule has 0 aliphatic heterocycles. The third-order valence-corrected chi connectivity index (χ3v) is 3.41. The van der Waals surface area contributed by atoms with Crippen LogP contribution in [-0.4, -0.2) is 20.3 Å². The van der Waals surface area contributed by atoms with Crippen molar-refractivity contribution in [2.75, 3.05) is 20.3 Å². The van der Waals surface area contributed by atoms with Crippen molar-refractivity contribution < 1.29 is 9.13 Å². The van der Waals surface area contributed by atoms with Crippen LogP contribution >= 0.6 is 11.3 Å². The number of fused-ring (bicyclic) bond motifs is 1. The van der Waals surface area contributed by atoms with Crippen molar-refractivity contribution in [3.8, 4) is 0 Å². The zero-order valence-electron chi connectivity index (χ0n) is 9.13. The minimum absolute atomic E-state index is 0.173. The Morgan fingerprint density at radius 3 is 3.06 bits per heavy atom. The van der Waals surface area contributed by atoms with E-state index in [4.69, 9.17) is 4.74 Å². The molecule has 0 amide bonds. The maximum atomic E-state index is 13.0. The molecule has 1 aromatic carbocycles. The minimum Gasteiger partial charge on any atom is -0.383 e. The Labute approximate surface area is 98.0 Å². The second kappa shape index (κ2) is 5.39. The lowest BCUT2D eigenvalue weighted by molar-refractivity contribution is 0.199. The minimum atomic E-state index is -0.173. The first-order chi connectivity index (χ1) is 7.79. The van der Waals surface area contributed by atoms with Gasteiger partial charge in [-0.15, -0.1) is 11.3 Å². The van der Waals surface area contributed by atoms with Gasteiger partial charge in [-0.3, -0.25) is 0 Å². The summed E-state index contributed by atoms with van der Waals surface area (Å²) < 4.78 is 18.9. The number of hydrogen-bond acceptors (Lipinski definition) is 3. The molecule has 0 aliphatic rings. The van der Waals surface area contributed by atoms with Crippen molar-refractivity contribution in [3.63, 3.8) is 0 Å². The van der Waals surface area contributed by atoms with Gasteiger partial charge >= 0.3 is 0 Å². The Kier molecular flexibility index (Phi) is 3.88. The molecule has 0 spiro atoms. The highest BCUT2D eigenvalue weighted by Crippen LogP contribution is 2.26. The van der Waals surface area contributed by atoms with Crippen LogP contribution in [0.3, 0.4) is 0 Å². The van der Waals surface area contributed by atoms with E-state index in [0.29, 0.717) is 6.61 Å². The first kappa shape index (κ1) is 11.5. The summed E-state index contributed by atoms with van der Waals surface area (Å²) in [5.41, 5.74) is 0. The normalized spacial score (nSPS) is 11.1. The highest BCUT2D eigenvalue weighted by Gasteiger charge is 2.02. The second-order valence-corrected chi connectivity index (χ2v) is 4.73. The van der Waals surface area contributed by atoms with Gasteiger partial charge in [0.15, 0.2) is 0 Å². The predicted octanol–water partition coefficient (Wildman–Crippen LogP) is 2.78. The van der Waals surface area contributed by atoms with Gasteiger partial charge in [-0.25, -0.2) is 4.39 Å². The quantitative estimate of drug-likeness (QED) is 0.810. The molecule has 0 saturated carbocycles. The highest BCUT2D eigenvalue weighted by molar-refractivity contribution is 7.19. The van der Waals surface area contributed by atoms with Crippen LogP contribution in [0.25, 0.3) is 10.1 Å². The van der Waals surface area contributed by atoms with E-state index in [1.165, 1.54) is 10.9 Å². The van der Waals surface area contributed by atoms with Gasteiger partial charge in [-0.2, -0.15) is 0 Å². The number of hydrogen-bond donors (Lipinski definition) is 1. The van der Waals surface area contributed by atoms with E-state index < -0.39 is 0 Å². The molecule has 0 atom stereocenters. The fourth-order valence-electron chi connectivity index (χ4n) is 1.53. The summed E-state index contributed by atoms with van der Waals surface area (Å²) in [6, 6.07) is 6.99. The van der Waals surface area contributed by atoms with Crippen LogP contribution in [0.5, 0.6) is 0 Å². The van der Waals surface area contributed by atoms with Crippen molar-refractivity contribution >= 4 is 21.4 Å². The standard InChI is InChI=1S/C12H14FNOS/c1-15-5-4-14-8-11-6-9-2-3-10(13)7-12(9)16-11/h2-3,6-7,14H,4-5,8H2,1H3. The second-order valence-electron chi connectivity index (χ2n) is 3.56. The summed E-state index contributed by atoms with van der Waals surface area (Å²) in [5.74, 6) is -0.173. The van der Waals surface area contributed by atoms with Crippen LogP contribution in [0.15, 0.2) is 24.3 Å². The Morgan fingerprint density at radius 1 is 1.38 bits per heavy atom. The van der Waals surface area contributed by atoms with Crippen LogP contribution in [-0.2, 0) is 11.3 Å². The molecule has 86 valence electrons. The van der Waals surface area contributed by atoms with Gasteiger partial charge in [-0.1, -0.05) is 6.07 Å². The molecule has 0 fully saturated rings. The number of nitrogens with one attached hydrogen (secondary N) is 1. The van der Waals surface area contributed by atoms with E-state index in [-0.39, 0.29) is 5.82 Å². The molecule has 0 aliphatic carbocycles. The molecule has 2 aromatic rings. The highest BCUT2D eigenvalue weighted by atomic mass is 32.1. The smallest absolute Gasteiger partial charge is 0.124 e. The average Bonchev–Trinajstić information content (AvgIpc) is 2.66. The largest absolute Gasteiger partial charge is 0.383 e. The van der Waals surface area contributed by atoms with Crippen molar-refractivity contribution in [2.45, 2.75) is 6.54 Å². The van der Waals surface area contributed by atoms with Gasteiger partial charge in [0.2, 0.25) is 0 Å². The monoisotopic (exact) mass is 239 g/mol. The third-order valence-electron chi connectivity index (χ3n) is 2.32. The molecule has 4 heteroatoms. The number of methoxy groups -OCH3 is 1. The third kappa shape index (κ3) is 2.78. The molecule has 2 rings (SSSR count). The van der Waals surface area contributed by atoms with Gasteiger partial charge in [0.25, 0.3) is 0 Å². The van der Waals surface area contributed by atoms with Gasteiger partial charge in [0.1, 0.15) is 5.82 Å². The summed E-state index contributed by atoms with van der Waals surface area (Å²) in [6.07, 6.45) is 0. The number of benzene rings is 1. The summed E-state index contributed by atoms with van der Waals surface area (Å²) >= 11 is 1.63. The molecule has 1 aromatic heterocycles. The van der Waals surface area contributed by atoms with Crippen molar-refractivity contribution in [1.29, 1.82) is 0 Å². The molecule has 1 heterocycles. The Morgan fingerprint density at radius 2 is 2.25 bits per heavy atom. The molecule has 2 nitrogen and oxygen atoms in total. The number of halogens is 1.